The Morgan fingerprint density at radius 2 is 1.96 bits per heavy atom. The number of nitrogens with zero attached hydrogens (tertiary/aromatic N) is 3. The van der Waals surface area contributed by atoms with E-state index in [1.165, 1.54) is 0 Å². The molecule has 1 aromatic carbocycles. The average Bonchev–Trinajstić information content (AvgIpc) is 3.12. The Labute approximate surface area is 133 Å². The first-order valence-electron chi connectivity index (χ1n) is 7.38. The standard InChI is InChI=1S/C16H19N5O2/c1-10-12-6-4-5-7-13(12)22-14(10)8-18-16(17-3)19-9-15-20-11(2)23-21-15/h4-7H,8-9H2,1-3H3,(H2,17,18,19). The number of furan rings is 1. The van der Waals surface area contributed by atoms with Crippen molar-refractivity contribution in [1.29, 1.82) is 0 Å². The number of rotatable bonds is 4. The third-order valence-corrected chi connectivity index (χ3v) is 3.57. The molecule has 0 unspecified atom stereocenters. The fraction of sp³-hybridized carbons (Fsp3) is 0.312. The zero-order valence-electron chi connectivity index (χ0n) is 13.4. The van der Waals surface area contributed by atoms with Crippen molar-refractivity contribution in [3.63, 3.8) is 0 Å². The molecule has 0 spiro atoms. The molecule has 0 fully saturated rings. The summed E-state index contributed by atoms with van der Waals surface area (Å²) < 4.78 is 10.8. The lowest BCUT2D eigenvalue weighted by Gasteiger charge is -2.09. The summed E-state index contributed by atoms with van der Waals surface area (Å²) in [6, 6.07) is 8.01. The van der Waals surface area contributed by atoms with Gasteiger partial charge in [-0.3, -0.25) is 4.99 Å². The lowest BCUT2D eigenvalue weighted by atomic mass is 10.1. The molecule has 3 aromatic rings. The summed E-state index contributed by atoms with van der Waals surface area (Å²) in [6.45, 7) is 4.80. The third kappa shape index (κ3) is 3.33. The van der Waals surface area contributed by atoms with E-state index >= 15 is 0 Å². The van der Waals surface area contributed by atoms with Gasteiger partial charge in [0.25, 0.3) is 0 Å². The van der Waals surface area contributed by atoms with Crippen LogP contribution >= 0.6 is 0 Å². The molecule has 2 aromatic heterocycles. The van der Waals surface area contributed by atoms with Crippen LogP contribution in [0.2, 0.25) is 0 Å². The van der Waals surface area contributed by atoms with Crippen molar-refractivity contribution in [2.45, 2.75) is 26.9 Å². The van der Waals surface area contributed by atoms with Crippen LogP contribution in [0.3, 0.4) is 0 Å². The number of hydrogen-bond donors (Lipinski definition) is 2. The Kier molecular flexibility index (Phi) is 4.27. The molecule has 23 heavy (non-hydrogen) atoms. The molecule has 0 radical (unpaired) electrons. The number of aromatic nitrogens is 2. The monoisotopic (exact) mass is 313 g/mol. The number of guanidine groups is 1. The van der Waals surface area contributed by atoms with Crippen molar-refractivity contribution in [3.8, 4) is 0 Å². The van der Waals surface area contributed by atoms with Crippen molar-refractivity contribution in [3.05, 3.63) is 47.3 Å². The zero-order valence-corrected chi connectivity index (χ0v) is 13.4. The second-order valence-electron chi connectivity index (χ2n) is 5.16. The molecule has 0 atom stereocenters. The minimum absolute atomic E-state index is 0.441. The van der Waals surface area contributed by atoms with E-state index in [0.717, 1.165) is 22.3 Å². The highest BCUT2D eigenvalue weighted by Gasteiger charge is 2.10. The lowest BCUT2D eigenvalue weighted by molar-refractivity contribution is 0.386. The number of para-hydroxylation sites is 1. The summed E-state index contributed by atoms with van der Waals surface area (Å²) in [7, 11) is 1.71. The minimum atomic E-state index is 0.441. The Morgan fingerprint density at radius 1 is 1.17 bits per heavy atom. The molecule has 0 saturated carbocycles. The fourth-order valence-corrected chi connectivity index (χ4v) is 2.35. The molecule has 0 aliphatic heterocycles. The maximum absolute atomic E-state index is 5.87. The number of aryl methyl sites for hydroxylation is 2. The summed E-state index contributed by atoms with van der Waals surface area (Å²) in [4.78, 5) is 8.31. The van der Waals surface area contributed by atoms with Gasteiger partial charge < -0.3 is 19.6 Å². The van der Waals surface area contributed by atoms with Gasteiger partial charge in [0.05, 0.1) is 13.1 Å². The first kappa shape index (κ1) is 15.1. The van der Waals surface area contributed by atoms with Crippen LogP contribution in [0.5, 0.6) is 0 Å². The summed E-state index contributed by atoms with van der Waals surface area (Å²) in [6.07, 6.45) is 0. The van der Waals surface area contributed by atoms with E-state index in [1.807, 2.05) is 18.2 Å². The number of hydrogen-bond acceptors (Lipinski definition) is 5. The van der Waals surface area contributed by atoms with Crippen LogP contribution in [0.4, 0.5) is 0 Å². The fourth-order valence-electron chi connectivity index (χ4n) is 2.35. The van der Waals surface area contributed by atoms with Crippen LogP contribution in [-0.2, 0) is 13.1 Å². The van der Waals surface area contributed by atoms with E-state index in [4.69, 9.17) is 8.94 Å². The quantitative estimate of drug-likeness (QED) is 0.567. The van der Waals surface area contributed by atoms with Crippen molar-refractivity contribution in [2.75, 3.05) is 7.05 Å². The van der Waals surface area contributed by atoms with Crippen molar-refractivity contribution in [1.82, 2.24) is 20.8 Å². The van der Waals surface area contributed by atoms with Crippen LogP contribution in [0.15, 0.2) is 38.2 Å². The summed E-state index contributed by atoms with van der Waals surface area (Å²) in [5.74, 6) is 2.67. The molecule has 120 valence electrons. The predicted octanol–water partition coefficient (Wildman–Crippen LogP) is 2.30. The van der Waals surface area contributed by atoms with E-state index in [9.17, 15) is 0 Å². The van der Waals surface area contributed by atoms with Crippen molar-refractivity contribution < 1.29 is 8.94 Å². The zero-order chi connectivity index (χ0) is 16.2. The molecular weight excluding hydrogens is 294 g/mol. The highest BCUT2D eigenvalue weighted by Crippen LogP contribution is 2.24. The molecule has 0 saturated heterocycles. The minimum Gasteiger partial charge on any atom is -0.459 e. The molecule has 0 bridgehead atoms. The van der Waals surface area contributed by atoms with Gasteiger partial charge in [0.2, 0.25) is 5.89 Å². The molecule has 0 amide bonds. The Bertz CT molecular complexity index is 834. The number of benzene rings is 1. The molecule has 0 aliphatic rings. The topological polar surface area (TPSA) is 88.5 Å². The highest BCUT2D eigenvalue weighted by molar-refractivity contribution is 5.82. The van der Waals surface area contributed by atoms with Gasteiger partial charge >= 0.3 is 0 Å². The van der Waals surface area contributed by atoms with Gasteiger partial charge in [0.15, 0.2) is 11.8 Å². The molecule has 3 rings (SSSR count). The largest absolute Gasteiger partial charge is 0.459 e. The smallest absolute Gasteiger partial charge is 0.223 e. The van der Waals surface area contributed by atoms with Crippen LogP contribution in [-0.4, -0.2) is 23.1 Å². The van der Waals surface area contributed by atoms with E-state index in [2.05, 4.69) is 38.8 Å². The summed E-state index contributed by atoms with van der Waals surface area (Å²) in [5.41, 5.74) is 2.03. The van der Waals surface area contributed by atoms with Gasteiger partial charge in [0.1, 0.15) is 11.3 Å². The van der Waals surface area contributed by atoms with E-state index in [-0.39, 0.29) is 0 Å². The van der Waals surface area contributed by atoms with Gasteiger partial charge in [0, 0.05) is 24.9 Å². The predicted molar refractivity (Wildman–Crippen MR) is 87.0 cm³/mol. The van der Waals surface area contributed by atoms with Gasteiger partial charge in [-0.05, 0) is 13.0 Å². The molecule has 2 heterocycles. The van der Waals surface area contributed by atoms with Crippen LogP contribution < -0.4 is 10.6 Å². The van der Waals surface area contributed by atoms with Crippen molar-refractivity contribution in [2.24, 2.45) is 4.99 Å². The molecule has 2 N–H and O–H groups in total. The van der Waals surface area contributed by atoms with Crippen LogP contribution in [0.25, 0.3) is 11.0 Å². The van der Waals surface area contributed by atoms with Gasteiger partial charge in [-0.25, -0.2) is 0 Å². The molecule has 7 heteroatoms. The maximum atomic E-state index is 5.87. The van der Waals surface area contributed by atoms with Crippen LogP contribution in [0, 0.1) is 13.8 Å². The first-order valence-corrected chi connectivity index (χ1v) is 7.38. The summed E-state index contributed by atoms with van der Waals surface area (Å²) in [5, 5.41) is 11.3. The van der Waals surface area contributed by atoms with Gasteiger partial charge in [-0.2, -0.15) is 4.98 Å². The van der Waals surface area contributed by atoms with E-state index < -0.39 is 0 Å². The van der Waals surface area contributed by atoms with E-state index in [0.29, 0.717) is 30.8 Å². The third-order valence-electron chi connectivity index (χ3n) is 3.57. The SMILES string of the molecule is CN=C(NCc1noc(C)n1)NCc1oc2ccccc2c1C. The number of fused-ring (bicyclic) bond motifs is 1. The maximum Gasteiger partial charge on any atom is 0.223 e. The molecular formula is C16H19N5O2. The van der Waals surface area contributed by atoms with Gasteiger partial charge in [-0.15, -0.1) is 0 Å². The average molecular weight is 313 g/mol. The van der Waals surface area contributed by atoms with E-state index in [1.54, 1.807) is 14.0 Å². The molecule has 0 aliphatic carbocycles. The number of aliphatic imine (C=N–C) groups is 1. The Hall–Kier alpha value is -2.83. The Balaban J connectivity index is 1.62. The normalized spacial score (nSPS) is 11.9. The molecule has 7 nitrogen and oxygen atoms in total. The van der Waals surface area contributed by atoms with Crippen LogP contribution in [0.1, 0.15) is 23.0 Å². The number of nitrogens with one attached hydrogen (secondary N) is 2. The lowest BCUT2D eigenvalue weighted by Crippen LogP contribution is -2.36. The second-order valence-corrected chi connectivity index (χ2v) is 5.16. The second kappa shape index (κ2) is 6.51. The van der Waals surface area contributed by atoms with Gasteiger partial charge in [-0.1, -0.05) is 23.4 Å². The summed E-state index contributed by atoms with van der Waals surface area (Å²) >= 11 is 0. The van der Waals surface area contributed by atoms with Crippen molar-refractivity contribution >= 4 is 16.9 Å². The highest BCUT2D eigenvalue weighted by atomic mass is 16.5. The first-order chi connectivity index (χ1) is 11.2. The Morgan fingerprint density at radius 3 is 2.65 bits per heavy atom.